The molecule has 0 heterocycles. The van der Waals surface area contributed by atoms with Crippen molar-refractivity contribution in [2.24, 2.45) is 0 Å². The van der Waals surface area contributed by atoms with E-state index in [1.807, 2.05) is 0 Å². The van der Waals surface area contributed by atoms with Crippen molar-refractivity contribution in [3.8, 4) is 0 Å². The average molecular weight is 264 g/mol. The van der Waals surface area contributed by atoms with Crippen molar-refractivity contribution in [3.05, 3.63) is 0 Å². The second-order valence-corrected chi connectivity index (χ2v) is 6.37. The Balaban J connectivity index is 2.40. The van der Waals surface area contributed by atoms with Gasteiger partial charge in [0.05, 0.1) is 5.75 Å². The average Bonchev–Trinajstić information content (AvgIpc) is 2.94. The Kier molecular flexibility index (Phi) is 4.33. The topological polar surface area (TPSA) is 104 Å². The first-order valence-electron chi connectivity index (χ1n) is 5.23. The number of carbonyl (C=O) groups is 2. The van der Waals surface area contributed by atoms with Crippen LogP contribution in [0.15, 0.2) is 0 Å². The van der Waals surface area contributed by atoms with Crippen molar-refractivity contribution in [2.75, 3.05) is 25.1 Å². The summed E-state index contributed by atoms with van der Waals surface area (Å²) in [7, 11) is -3.12. The first-order chi connectivity index (χ1) is 7.79. The molecule has 0 unspecified atom stereocenters. The first kappa shape index (κ1) is 13.8. The summed E-state index contributed by atoms with van der Waals surface area (Å²) in [5.41, 5.74) is 0. The smallest absolute Gasteiger partial charge is 0.323 e. The molecule has 2 amide bonds. The fourth-order valence-corrected chi connectivity index (χ4v) is 1.82. The highest BCUT2D eigenvalue weighted by Gasteiger charge is 2.33. The first-order valence-corrected chi connectivity index (χ1v) is 7.29. The van der Waals surface area contributed by atoms with Crippen LogP contribution in [0.1, 0.15) is 12.8 Å². The number of urea groups is 1. The Morgan fingerprint density at radius 3 is 2.41 bits per heavy atom. The number of nitrogens with one attached hydrogen (secondary N) is 1. The van der Waals surface area contributed by atoms with Gasteiger partial charge in [-0.3, -0.25) is 4.79 Å². The molecule has 2 N–H and O–H groups in total. The van der Waals surface area contributed by atoms with E-state index in [2.05, 4.69) is 5.32 Å². The number of carboxylic acid groups (broad SMARTS) is 1. The van der Waals surface area contributed by atoms with Gasteiger partial charge in [0.1, 0.15) is 16.4 Å². The molecule has 8 heteroatoms. The second kappa shape index (κ2) is 5.35. The molecule has 7 nitrogen and oxygen atoms in total. The summed E-state index contributed by atoms with van der Waals surface area (Å²) in [6.07, 6.45) is 2.68. The normalized spacial score (nSPS) is 15.4. The molecule has 0 bridgehead atoms. The van der Waals surface area contributed by atoms with Gasteiger partial charge in [-0.15, -0.1) is 0 Å². The number of hydrogen-bond donors (Lipinski definition) is 2. The molecule has 0 atom stereocenters. The Morgan fingerprint density at radius 2 is 2.00 bits per heavy atom. The van der Waals surface area contributed by atoms with Gasteiger partial charge in [0.2, 0.25) is 0 Å². The number of carboxylic acids is 1. The van der Waals surface area contributed by atoms with Crippen molar-refractivity contribution in [1.29, 1.82) is 0 Å². The minimum absolute atomic E-state index is 0.000502. The van der Waals surface area contributed by atoms with Crippen LogP contribution in [-0.2, 0) is 14.6 Å². The lowest BCUT2D eigenvalue weighted by molar-refractivity contribution is -0.137. The molecule has 1 aliphatic rings. The highest BCUT2D eigenvalue weighted by Crippen LogP contribution is 2.26. The number of nitrogens with zero attached hydrogens (tertiary/aromatic N) is 1. The zero-order valence-electron chi connectivity index (χ0n) is 9.55. The minimum Gasteiger partial charge on any atom is -0.480 e. The minimum atomic E-state index is -3.12. The predicted molar refractivity (Wildman–Crippen MR) is 60.5 cm³/mol. The quantitative estimate of drug-likeness (QED) is 0.659. The van der Waals surface area contributed by atoms with Gasteiger partial charge in [0.15, 0.2) is 0 Å². The number of amides is 2. The van der Waals surface area contributed by atoms with E-state index < -0.39 is 21.8 Å². The largest absolute Gasteiger partial charge is 0.480 e. The summed E-state index contributed by atoms with van der Waals surface area (Å²) in [5, 5.41) is 11.1. The van der Waals surface area contributed by atoms with Crippen LogP contribution in [0.5, 0.6) is 0 Å². The zero-order chi connectivity index (χ0) is 13.1. The van der Waals surface area contributed by atoms with E-state index in [0.717, 1.165) is 19.1 Å². The lowest BCUT2D eigenvalue weighted by Crippen LogP contribution is -2.45. The molecule has 0 aliphatic heterocycles. The van der Waals surface area contributed by atoms with Gasteiger partial charge >= 0.3 is 12.0 Å². The maximum Gasteiger partial charge on any atom is 0.323 e. The van der Waals surface area contributed by atoms with Gasteiger partial charge in [-0.1, -0.05) is 0 Å². The van der Waals surface area contributed by atoms with Crippen LogP contribution in [0.25, 0.3) is 0 Å². The van der Waals surface area contributed by atoms with Gasteiger partial charge in [-0.25, -0.2) is 13.2 Å². The molecule has 0 spiro atoms. The fourth-order valence-electron chi connectivity index (χ4n) is 1.34. The molecule has 1 aliphatic carbocycles. The van der Waals surface area contributed by atoms with Crippen LogP contribution < -0.4 is 5.32 Å². The lowest BCUT2D eigenvalue weighted by atomic mass is 10.5. The van der Waals surface area contributed by atoms with Gasteiger partial charge in [0.25, 0.3) is 0 Å². The summed E-state index contributed by atoms with van der Waals surface area (Å²) in [5.74, 6) is -1.22. The van der Waals surface area contributed by atoms with Crippen LogP contribution in [0.4, 0.5) is 4.79 Å². The summed E-state index contributed by atoms with van der Waals surface area (Å²) in [6, 6.07) is -0.539. The predicted octanol–water partition coefficient (Wildman–Crippen LogP) is -0.710. The second-order valence-electron chi connectivity index (χ2n) is 4.11. The monoisotopic (exact) mass is 264 g/mol. The Hall–Kier alpha value is -1.31. The molecular weight excluding hydrogens is 248 g/mol. The van der Waals surface area contributed by atoms with Crippen molar-refractivity contribution in [2.45, 2.75) is 18.9 Å². The molecule has 0 radical (unpaired) electrons. The standard InChI is InChI=1S/C9H16N2O5S/c1-17(15,16)5-4-10-9(14)11(6-8(12)13)7-2-3-7/h7H,2-6H2,1H3,(H,10,14)(H,12,13). The van der Waals surface area contributed by atoms with E-state index in [1.54, 1.807) is 0 Å². The third-order valence-electron chi connectivity index (χ3n) is 2.30. The number of aliphatic carboxylic acids is 1. The van der Waals surface area contributed by atoms with E-state index in [-0.39, 0.29) is 24.9 Å². The molecule has 0 aromatic rings. The van der Waals surface area contributed by atoms with Gasteiger partial charge in [-0.05, 0) is 12.8 Å². The molecule has 1 rings (SSSR count). The molecule has 0 aromatic heterocycles. The summed E-state index contributed by atoms with van der Waals surface area (Å²) >= 11 is 0. The maximum absolute atomic E-state index is 11.6. The number of rotatable bonds is 6. The van der Waals surface area contributed by atoms with Crippen LogP contribution >= 0.6 is 0 Å². The highest BCUT2D eigenvalue weighted by atomic mass is 32.2. The highest BCUT2D eigenvalue weighted by molar-refractivity contribution is 7.90. The van der Waals surface area contributed by atoms with Crippen molar-refractivity contribution < 1.29 is 23.1 Å². The number of hydrogen-bond acceptors (Lipinski definition) is 4. The van der Waals surface area contributed by atoms with Crippen LogP contribution in [0.3, 0.4) is 0 Å². The van der Waals surface area contributed by atoms with Crippen LogP contribution in [0, 0.1) is 0 Å². The molecule has 0 aromatic carbocycles. The third kappa shape index (κ3) is 5.53. The molecule has 1 saturated carbocycles. The van der Waals surface area contributed by atoms with Gasteiger partial charge in [-0.2, -0.15) is 0 Å². The zero-order valence-corrected chi connectivity index (χ0v) is 10.4. The summed E-state index contributed by atoms with van der Waals surface area (Å²) in [6.45, 7) is -0.351. The van der Waals surface area contributed by atoms with E-state index in [9.17, 15) is 18.0 Å². The maximum atomic E-state index is 11.6. The Bertz CT molecular complexity index is 402. The number of carbonyl (C=O) groups excluding carboxylic acids is 1. The van der Waals surface area contributed by atoms with E-state index in [4.69, 9.17) is 5.11 Å². The van der Waals surface area contributed by atoms with Crippen molar-refractivity contribution >= 4 is 21.8 Å². The fraction of sp³-hybridized carbons (Fsp3) is 0.778. The molecule has 0 saturated heterocycles. The summed E-state index contributed by atoms with van der Waals surface area (Å²) in [4.78, 5) is 23.4. The van der Waals surface area contributed by atoms with Crippen molar-refractivity contribution in [3.63, 3.8) is 0 Å². The lowest BCUT2D eigenvalue weighted by Gasteiger charge is -2.20. The van der Waals surface area contributed by atoms with E-state index in [0.29, 0.717) is 0 Å². The molecule has 98 valence electrons. The SMILES string of the molecule is CS(=O)(=O)CCNC(=O)N(CC(=O)O)C1CC1. The Morgan fingerprint density at radius 1 is 1.41 bits per heavy atom. The molecule has 1 fully saturated rings. The van der Waals surface area contributed by atoms with E-state index >= 15 is 0 Å². The summed E-state index contributed by atoms with van der Waals surface area (Å²) < 4.78 is 21.7. The third-order valence-corrected chi connectivity index (χ3v) is 3.25. The van der Waals surface area contributed by atoms with Crippen molar-refractivity contribution in [1.82, 2.24) is 10.2 Å². The van der Waals surface area contributed by atoms with Crippen LogP contribution in [0.2, 0.25) is 0 Å². The van der Waals surface area contributed by atoms with Gasteiger partial charge in [0, 0.05) is 18.8 Å². The number of sulfone groups is 1. The van der Waals surface area contributed by atoms with E-state index in [1.165, 1.54) is 4.90 Å². The molecule has 17 heavy (non-hydrogen) atoms. The van der Waals surface area contributed by atoms with Crippen LogP contribution in [-0.4, -0.2) is 61.6 Å². The molecular formula is C9H16N2O5S. The Labute approximate surface area is 99.7 Å². The van der Waals surface area contributed by atoms with Gasteiger partial charge < -0.3 is 15.3 Å².